The summed E-state index contributed by atoms with van der Waals surface area (Å²) in [5.41, 5.74) is -0.259. The Morgan fingerprint density at radius 2 is 1.76 bits per heavy atom. The van der Waals surface area contributed by atoms with Crippen LogP contribution >= 0.6 is 0 Å². The number of sulfone groups is 1. The van der Waals surface area contributed by atoms with E-state index in [0.29, 0.717) is 11.6 Å². The Hall–Kier alpha value is -4.00. The van der Waals surface area contributed by atoms with Crippen LogP contribution in [0, 0.1) is 18.7 Å². The van der Waals surface area contributed by atoms with Crippen LogP contribution in [0.3, 0.4) is 0 Å². The van der Waals surface area contributed by atoms with E-state index in [1.165, 1.54) is 26.3 Å². The van der Waals surface area contributed by atoms with Crippen molar-refractivity contribution in [2.45, 2.75) is 49.3 Å². The van der Waals surface area contributed by atoms with Crippen LogP contribution in [-0.4, -0.2) is 47.9 Å². The highest BCUT2D eigenvalue weighted by Crippen LogP contribution is 2.32. The van der Waals surface area contributed by atoms with Gasteiger partial charge in [0.1, 0.15) is 18.2 Å². The fraction of sp³-hybridized carbons (Fsp3) is 0.276. The molecule has 0 spiro atoms. The van der Waals surface area contributed by atoms with Gasteiger partial charge in [-0.2, -0.15) is 9.37 Å². The summed E-state index contributed by atoms with van der Waals surface area (Å²) in [6.07, 6.45) is 0.907. The SMILES string of the molecule is COC[C@@H](c1ccccc1)n1c(COC(C)C)nc(O)c(S(=O)(=O)c2ccc(-c3ccnc(F)c3C)c(F)c2)c1=O. The number of nitrogens with zero attached hydrogens (tertiary/aromatic N) is 3. The van der Waals surface area contributed by atoms with Gasteiger partial charge in [-0.15, -0.1) is 0 Å². The average Bonchev–Trinajstić information content (AvgIpc) is 2.93. The van der Waals surface area contributed by atoms with Gasteiger partial charge < -0.3 is 14.6 Å². The molecule has 2 aromatic carbocycles. The van der Waals surface area contributed by atoms with E-state index >= 15 is 4.39 Å². The van der Waals surface area contributed by atoms with E-state index in [-0.39, 0.29) is 41.8 Å². The first-order valence-electron chi connectivity index (χ1n) is 12.6. The number of pyridine rings is 1. The average molecular weight is 586 g/mol. The molecule has 0 fully saturated rings. The van der Waals surface area contributed by atoms with Crippen LogP contribution < -0.4 is 5.56 Å². The van der Waals surface area contributed by atoms with Gasteiger partial charge in [-0.05, 0) is 50.1 Å². The molecular formula is C29H29F2N3O6S. The third kappa shape index (κ3) is 6.04. The lowest BCUT2D eigenvalue weighted by Gasteiger charge is -2.24. The van der Waals surface area contributed by atoms with Crippen molar-refractivity contribution in [3.8, 4) is 17.0 Å². The standard InChI is InChI=1S/C29H29F2N3O6S/c1-17(2)40-16-25-33-28(35)26(29(36)34(25)24(15-39-4)19-8-6-5-7-9-19)41(37,38)20-10-11-22(23(30)14-20)21-12-13-32-27(31)18(21)3/h5-14,17,24,35H,15-16H2,1-4H3/t24-/m0/s1. The third-order valence-electron chi connectivity index (χ3n) is 6.45. The first-order chi connectivity index (χ1) is 19.5. The van der Waals surface area contributed by atoms with Crippen LogP contribution in [0.2, 0.25) is 0 Å². The minimum absolute atomic E-state index is 0.0252. The summed E-state index contributed by atoms with van der Waals surface area (Å²) >= 11 is 0. The van der Waals surface area contributed by atoms with Crippen molar-refractivity contribution in [1.29, 1.82) is 0 Å². The summed E-state index contributed by atoms with van der Waals surface area (Å²) in [5.74, 6) is -2.84. The zero-order valence-electron chi connectivity index (χ0n) is 22.8. The second-order valence-electron chi connectivity index (χ2n) is 9.52. The molecule has 0 radical (unpaired) electrons. The van der Waals surface area contributed by atoms with E-state index in [0.717, 1.165) is 16.7 Å². The molecular weight excluding hydrogens is 556 g/mol. The van der Waals surface area contributed by atoms with Gasteiger partial charge in [0.05, 0.1) is 23.6 Å². The first-order valence-corrected chi connectivity index (χ1v) is 14.1. The fourth-order valence-corrected chi connectivity index (χ4v) is 5.76. The molecule has 0 aliphatic rings. The Morgan fingerprint density at radius 1 is 1.05 bits per heavy atom. The molecule has 0 unspecified atom stereocenters. The molecule has 12 heteroatoms. The molecule has 0 saturated heterocycles. The van der Waals surface area contributed by atoms with Gasteiger partial charge >= 0.3 is 0 Å². The van der Waals surface area contributed by atoms with E-state index in [1.807, 2.05) is 0 Å². The van der Waals surface area contributed by atoms with Gasteiger partial charge in [0.15, 0.2) is 4.90 Å². The summed E-state index contributed by atoms with van der Waals surface area (Å²) in [6, 6.07) is 12.3. The summed E-state index contributed by atoms with van der Waals surface area (Å²) < 4.78 is 68.8. The highest BCUT2D eigenvalue weighted by molar-refractivity contribution is 7.91. The summed E-state index contributed by atoms with van der Waals surface area (Å²) in [7, 11) is -3.37. The van der Waals surface area contributed by atoms with Gasteiger partial charge in [-0.1, -0.05) is 36.4 Å². The van der Waals surface area contributed by atoms with E-state index in [9.17, 15) is 22.7 Å². The Balaban J connectivity index is 1.91. The van der Waals surface area contributed by atoms with Crippen LogP contribution in [0.25, 0.3) is 11.1 Å². The largest absolute Gasteiger partial charge is 0.492 e. The number of methoxy groups -OCH3 is 1. The maximum atomic E-state index is 15.3. The summed E-state index contributed by atoms with van der Waals surface area (Å²) in [4.78, 5) is 19.9. The maximum absolute atomic E-state index is 15.3. The zero-order chi connectivity index (χ0) is 29.9. The Bertz CT molecular complexity index is 1730. The molecule has 0 amide bonds. The molecule has 0 bridgehead atoms. The second kappa shape index (κ2) is 12.2. The molecule has 1 atom stereocenters. The lowest BCUT2D eigenvalue weighted by Crippen LogP contribution is -2.35. The predicted octanol–water partition coefficient (Wildman–Crippen LogP) is 4.59. The third-order valence-corrected chi connectivity index (χ3v) is 8.22. The van der Waals surface area contributed by atoms with Crippen LogP contribution in [0.1, 0.15) is 36.8 Å². The molecule has 9 nitrogen and oxygen atoms in total. The van der Waals surface area contributed by atoms with Crippen LogP contribution in [0.5, 0.6) is 5.88 Å². The van der Waals surface area contributed by atoms with Crippen LogP contribution in [-0.2, 0) is 25.9 Å². The lowest BCUT2D eigenvalue weighted by atomic mass is 10.0. The fourth-order valence-electron chi connectivity index (χ4n) is 4.40. The van der Waals surface area contributed by atoms with Crippen molar-refractivity contribution in [1.82, 2.24) is 14.5 Å². The molecule has 2 heterocycles. The lowest BCUT2D eigenvalue weighted by molar-refractivity contribution is 0.0557. The van der Waals surface area contributed by atoms with Crippen LogP contribution in [0.4, 0.5) is 8.78 Å². The molecule has 41 heavy (non-hydrogen) atoms. The molecule has 216 valence electrons. The van der Waals surface area contributed by atoms with Crippen molar-refractivity contribution in [2.24, 2.45) is 0 Å². The zero-order valence-corrected chi connectivity index (χ0v) is 23.7. The molecule has 4 rings (SSSR count). The molecule has 1 N–H and O–H groups in total. The number of ether oxygens (including phenoxy) is 2. The predicted molar refractivity (Wildman–Crippen MR) is 146 cm³/mol. The smallest absolute Gasteiger partial charge is 0.277 e. The number of aromatic nitrogens is 3. The number of rotatable bonds is 10. The van der Waals surface area contributed by atoms with Crippen molar-refractivity contribution in [2.75, 3.05) is 13.7 Å². The second-order valence-corrected chi connectivity index (χ2v) is 11.4. The van der Waals surface area contributed by atoms with Crippen molar-refractivity contribution in [3.05, 3.63) is 99.9 Å². The minimum Gasteiger partial charge on any atom is -0.492 e. The van der Waals surface area contributed by atoms with E-state index in [2.05, 4.69) is 9.97 Å². The topological polar surface area (TPSA) is 121 Å². The summed E-state index contributed by atoms with van der Waals surface area (Å²) in [6.45, 7) is 4.71. The Morgan fingerprint density at radius 3 is 2.39 bits per heavy atom. The highest BCUT2D eigenvalue weighted by Gasteiger charge is 2.33. The van der Waals surface area contributed by atoms with Crippen molar-refractivity contribution >= 4 is 9.84 Å². The first kappa shape index (κ1) is 30.0. The highest BCUT2D eigenvalue weighted by atomic mass is 32.2. The quantitative estimate of drug-likeness (QED) is 0.268. The Kier molecular flexibility index (Phi) is 8.95. The van der Waals surface area contributed by atoms with Gasteiger partial charge in [0.25, 0.3) is 5.56 Å². The van der Waals surface area contributed by atoms with Gasteiger partial charge in [-0.3, -0.25) is 9.36 Å². The normalized spacial score (nSPS) is 12.6. The molecule has 2 aromatic heterocycles. The van der Waals surface area contributed by atoms with Gasteiger partial charge in [-0.25, -0.2) is 17.8 Å². The minimum atomic E-state index is -4.80. The van der Waals surface area contributed by atoms with Gasteiger partial charge in [0, 0.05) is 24.4 Å². The monoisotopic (exact) mass is 585 g/mol. The Labute approximate surface area is 236 Å². The number of benzene rings is 2. The maximum Gasteiger partial charge on any atom is 0.277 e. The number of hydrogen-bond donors (Lipinski definition) is 1. The molecule has 4 aromatic rings. The molecule has 0 aliphatic carbocycles. The number of hydrogen-bond acceptors (Lipinski definition) is 8. The van der Waals surface area contributed by atoms with Crippen molar-refractivity contribution < 1.29 is 31.8 Å². The summed E-state index contributed by atoms with van der Waals surface area (Å²) in [5, 5.41) is 10.8. The van der Waals surface area contributed by atoms with Crippen molar-refractivity contribution in [3.63, 3.8) is 0 Å². The van der Waals surface area contributed by atoms with E-state index < -0.39 is 48.9 Å². The number of aromatic hydroxyl groups is 1. The molecule has 0 aliphatic heterocycles. The van der Waals surface area contributed by atoms with Gasteiger partial charge in [0.2, 0.25) is 21.7 Å². The van der Waals surface area contributed by atoms with E-state index in [4.69, 9.17) is 9.47 Å². The number of halogens is 2. The van der Waals surface area contributed by atoms with Crippen LogP contribution in [0.15, 0.2) is 75.4 Å². The molecule has 0 saturated carbocycles. The van der Waals surface area contributed by atoms with E-state index in [1.54, 1.807) is 44.2 Å².